The topological polar surface area (TPSA) is 124 Å². The number of Topliss-reactive ketones (excluding diaryl/α,β-unsaturated/α-hetero) is 1. The highest BCUT2D eigenvalue weighted by molar-refractivity contribution is 5.98. The van der Waals surface area contributed by atoms with Crippen LogP contribution in [-0.2, 0) is 14.3 Å². The third-order valence-electron chi connectivity index (χ3n) is 7.53. The molecule has 0 aromatic carbocycles. The van der Waals surface area contributed by atoms with E-state index in [1.54, 1.807) is 6.08 Å². The number of hydrogen-bond donors (Lipinski definition) is 4. The van der Waals surface area contributed by atoms with Gasteiger partial charge in [-0.25, -0.2) is 4.79 Å². The summed E-state index contributed by atoms with van der Waals surface area (Å²) in [6, 6.07) is 0. The summed E-state index contributed by atoms with van der Waals surface area (Å²) in [7, 11) is 0. The normalized spacial score (nSPS) is 18.6. The molecular weight excluding hydrogens is 544 g/mol. The second-order valence-electron chi connectivity index (χ2n) is 12.0. The summed E-state index contributed by atoms with van der Waals surface area (Å²) < 4.78 is 4.62. The van der Waals surface area contributed by atoms with Crippen molar-refractivity contribution in [2.24, 2.45) is 0 Å². The molecule has 43 heavy (non-hydrogen) atoms. The van der Waals surface area contributed by atoms with Gasteiger partial charge in [0.15, 0.2) is 17.6 Å². The first-order valence-corrected chi connectivity index (χ1v) is 15.4. The molecule has 4 N–H and O–H groups in total. The predicted molar refractivity (Wildman–Crippen MR) is 174 cm³/mol. The Morgan fingerprint density at radius 2 is 1.07 bits per heavy atom. The van der Waals surface area contributed by atoms with Gasteiger partial charge in [-0.3, -0.25) is 4.79 Å². The Hall–Kier alpha value is -3.16. The summed E-state index contributed by atoms with van der Waals surface area (Å²) in [5.41, 5.74) is 7.13. The predicted octanol–water partition coefficient (Wildman–Crippen LogP) is 8.13. The Morgan fingerprint density at radius 1 is 0.674 bits per heavy atom. The highest BCUT2D eigenvalue weighted by Gasteiger charge is 2.43. The number of aliphatic hydroxyl groups is 4. The van der Waals surface area contributed by atoms with Crippen LogP contribution in [0.4, 0.5) is 0 Å². The Balaban J connectivity index is 2.36. The van der Waals surface area contributed by atoms with Crippen molar-refractivity contribution in [1.82, 2.24) is 0 Å². The maximum Gasteiger partial charge on any atom is 0.377 e. The molecule has 0 saturated carbocycles. The number of rotatable bonds is 19. The van der Waals surface area contributed by atoms with Crippen LogP contribution in [0.3, 0.4) is 0 Å². The maximum absolute atomic E-state index is 12.5. The van der Waals surface area contributed by atoms with Crippen LogP contribution >= 0.6 is 0 Å². The minimum atomic E-state index is -1.91. The fourth-order valence-corrected chi connectivity index (χ4v) is 4.62. The van der Waals surface area contributed by atoms with E-state index in [9.17, 15) is 30.0 Å². The summed E-state index contributed by atoms with van der Waals surface area (Å²) in [4.78, 5) is 23.8. The van der Waals surface area contributed by atoms with Crippen molar-refractivity contribution in [2.45, 2.75) is 131 Å². The third kappa shape index (κ3) is 14.7. The van der Waals surface area contributed by atoms with Crippen LogP contribution < -0.4 is 0 Å². The van der Waals surface area contributed by atoms with Crippen molar-refractivity contribution in [2.75, 3.05) is 0 Å². The van der Waals surface area contributed by atoms with E-state index in [-0.39, 0.29) is 5.57 Å². The first kappa shape index (κ1) is 37.9. The second-order valence-corrected chi connectivity index (χ2v) is 12.0. The van der Waals surface area contributed by atoms with Crippen LogP contribution in [0.5, 0.6) is 0 Å². The highest BCUT2D eigenvalue weighted by atomic mass is 16.6. The van der Waals surface area contributed by atoms with E-state index < -0.39 is 41.6 Å². The molecule has 0 bridgehead atoms. The van der Waals surface area contributed by atoms with Gasteiger partial charge in [0.2, 0.25) is 5.76 Å². The summed E-state index contributed by atoms with van der Waals surface area (Å²) in [5.74, 6) is -3.91. The average Bonchev–Trinajstić information content (AvgIpc) is 3.20. The number of carbonyl (C=O) groups is 2. The van der Waals surface area contributed by atoms with Crippen LogP contribution in [0.1, 0.15) is 113 Å². The van der Waals surface area contributed by atoms with Crippen LogP contribution in [0.25, 0.3) is 0 Å². The van der Waals surface area contributed by atoms with Crippen molar-refractivity contribution in [1.29, 1.82) is 0 Å². The zero-order valence-electron chi connectivity index (χ0n) is 27.3. The Bertz CT molecular complexity index is 1160. The molecule has 0 aromatic rings. The maximum atomic E-state index is 12.5. The Kier molecular flexibility index (Phi) is 17.5. The molecule has 240 valence electrons. The van der Waals surface area contributed by atoms with Crippen molar-refractivity contribution >= 4 is 11.8 Å². The van der Waals surface area contributed by atoms with Crippen molar-refractivity contribution < 1.29 is 34.8 Å². The number of hydrogen-bond acceptors (Lipinski definition) is 7. The van der Waals surface area contributed by atoms with Gasteiger partial charge in [-0.05, 0) is 118 Å². The van der Waals surface area contributed by atoms with Crippen LogP contribution in [-0.4, -0.2) is 50.5 Å². The van der Waals surface area contributed by atoms with Crippen molar-refractivity contribution in [3.8, 4) is 0 Å². The largest absolute Gasteiger partial charge is 0.505 e. The van der Waals surface area contributed by atoms with Crippen LogP contribution in [0.15, 0.2) is 81.4 Å². The first-order chi connectivity index (χ1) is 20.2. The molecule has 0 spiro atoms. The minimum Gasteiger partial charge on any atom is -0.505 e. The van der Waals surface area contributed by atoms with E-state index in [0.29, 0.717) is 6.42 Å². The van der Waals surface area contributed by atoms with E-state index in [0.717, 1.165) is 57.8 Å². The van der Waals surface area contributed by atoms with Gasteiger partial charge in [0.1, 0.15) is 12.2 Å². The lowest BCUT2D eigenvalue weighted by Gasteiger charge is -2.21. The monoisotopic (exact) mass is 598 g/mol. The third-order valence-corrected chi connectivity index (χ3v) is 7.53. The molecule has 1 rings (SSSR count). The molecule has 7 nitrogen and oxygen atoms in total. The molecule has 0 saturated heterocycles. The molecule has 0 aromatic heterocycles. The van der Waals surface area contributed by atoms with E-state index in [2.05, 4.69) is 69.7 Å². The number of ketones is 1. The number of cyclic esters (lactones) is 1. The number of unbranched alkanes of at least 4 members (excludes halogenated alkanes) is 1. The van der Waals surface area contributed by atoms with E-state index >= 15 is 0 Å². The van der Waals surface area contributed by atoms with E-state index in [1.165, 1.54) is 34.8 Å². The average molecular weight is 599 g/mol. The molecule has 0 aliphatic carbocycles. The fraction of sp³-hybridized carbons (Fsp3) is 0.556. The van der Waals surface area contributed by atoms with Gasteiger partial charge in [0.25, 0.3) is 0 Å². The number of aliphatic hydroxyl groups excluding tert-OH is 4. The number of ether oxygens (including phenoxy) is 1. The Morgan fingerprint density at radius 3 is 1.47 bits per heavy atom. The summed E-state index contributed by atoms with van der Waals surface area (Å²) >= 11 is 0. The molecule has 1 aliphatic heterocycles. The molecule has 1 heterocycles. The van der Waals surface area contributed by atoms with Crippen LogP contribution in [0, 0.1) is 0 Å². The van der Waals surface area contributed by atoms with Gasteiger partial charge in [-0.1, -0.05) is 64.3 Å². The molecule has 0 radical (unpaired) electrons. The second kappa shape index (κ2) is 19.9. The summed E-state index contributed by atoms with van der Waals surface area (Å²) in [5, 5.41) is 39.4. The van der Waals surface area contributed by atoms with Crippen molar-refractivity contribution in [3.63, 3.8) is 0 Å². The lowest BCUT2D eigenvalue weighted by molar-refractivity contribution is -0.153. The van der Waals surface area contributed by atoms with E-state index in [1.807, 2.05) is 6.92 Å². The Labute approximate surface area is 258 Å². The quantitative estimate of drug-likeness (QED) is 0.0512. The summed E-state index contributed by atoms with van der Waals surface area (Å²) in [6.07, 6.45) is 17.6. The van der Waals surface area contributed by atoms with E-state index in [4.69, 9.17) is 0 Å². The lowest BCUT2D eigenvalue weighted by Crippen LogP contribution is -2.43. The SMILES string of the molecule is CC(C)=CCC/C(C)=C/CC/C(C)=C/CC/C=C(\C)CC/C=C(\C)CCC=C(C)C(=O)C(O)[C@H](O)[C@H]1OC(=O)C(O)=C1O. The molecule has 1 aliphatic rings. The van der Waals surface area contributed by atoms with Crippen LogP contribution in [0.2, 0.25) is 0 Å². The molecule has 7 heteroatoms. The standard InChI is InChI=1S/C36H54O7/c1-24(2)14-10-17-27(5)20-11-18-25(3)15-8-9-16-26(4)19-12-21-28(6)22-13-23-29(7)30(37)31(38)32(39)35-33(40)34(41)36(42)43-35/h14-16,20-21,23,31-32,35,38-41H,8-13,17-19,22H2,1-7H3/b25-15+,26-16+,27-20+,28-21+,29-23?/t31?,32-,35+/m0/s1. The molecular formula is C36H54O7. The first-order valence-electron chi connectivity index (χ1n) is 15.4. The van der Waals surface area contributed by atoms with Gasteiger partial charge in [0, 0.05) is 0 Å². The minimum absolute atomic E-state index is 0.251. The molecule has 3 atom stereocenters. The lowest BCUT2D eigenvalue weighted by atomic mass is 9.97. The number of esters is 1. The zero-order valence-corrected chi connectivity index (χ0v) is 27.3. The van der Waals surface area contributed by atoms with Gasteiger partial charge in [0.05, 0.1) is 0 Å². The zero-order chi connectivity index (χ0) is 32.5. The smallest absolute Gasteiger partial charge is 0.377 e. The number of carbonyl (C=O) groups excluding carboxylic acids is 2. The fourth-order valence-electron chi connectivity index (χ4n) is 4.62. The summed E-state index contributed by atoms with van der Waals surface area (Å²) in [6.45, 7) is 14.5. The van der Waals surface area contributed by atoms with Gasteiger partial charge in [-0.15, -0.1) is 0 Å². The highest BCUT2D eigenvalue weighted by Crippen LogP contribution is 2.24. The number of allylic oxidation sites excluding steroid dienone is 11. The molecule has 0 amide bonds. The van der Waals surface area contributed by atoms with Gasteiger partial charge in [-0.2, -0.15) is 0 Å². The molecule has 0 fully saturated rings. The van der Waals surface area contributed by atoms with Gasteiger partial charge >= 0.3 is 5.97 Å². The van der Waals surface area contributed by atoms with Gasteiger partial charge < -0.3 is 25.2 Å². The molecule has 1 unspecified atom stereocenters. The van der Waals surface area contributed by atoms with Crippen molar-refractivity contribution in [3.05, 3.63) is 81.4 Å².